The Morgan fingerprint density at radius 1 is 1.21 bits per heavy atom. The van der Waals surface area contributed by atoms with E-state index in [0.717, 1.165) is 43.1 Å². The molecule has 2 aromatic heterocycles. The maximum Gasteiger partial charge on any atom is 0.236 e. The lowest BCUT2D eigenvalue weighted by Crippen LogP contribution is -2.42. The number of benzene rings is 1. The molecule has 0 unspecified atom stereocenters. The molecule has 1 aliphatic rings. The normalized spacial score (nSPS) is 15.2. The second-order valence-electron chi connectivity index (χ2n) is 7.72. The summed E-state index contributed by atoms with van der Waals surface area (Å²) in [7, 11) is 3.81. The molecule has 7 nitrogen and oxygen atoms in total. The molecule has 1 aliphatic heterocycles. The van der Waals surface area contributed by atoms with Crippen molar-refractivity contribution in [1.29, 1.82) is 0 Å². The summed E-state index contributed by atoms with van der Waals surface area (Å²) in [6.07, 6.45) is 3.58. The van der Waals surface area contributed by atoms with Gasteiger partial charge in [-0.3, -0.25) is 4.79 Å². The zero-order chi connectivity index (χ0) is 20.4. The number of likely N-dealkylation sites (tertiary alicyclic amines) is 1. The van der Waals surface area contributed by atoms with E-state index in [1.807, 2.05) is 48.3 Å². The Bertz CT molecular complexity index is 1010. The first-order valence-corrected chi connectivity index (χ1v) is 9.79. The van der Waals surface area contributed by atoms with Crippen LogP contribution in [0.25, 0.3) is 5.65 Å². The van der Waals surface area contributed by atoms with Crippen LogP contribution < -0.4 is 5.32 Å². The summed E-state index contributed by atoms with van der Waals surface area (Å²) < 4.78 is 15.1. The van der Waals surface area contributed by atoms with Crippen LogP contribution in [0.15, 0.2) is 42.6 Å². The van der Waals surface area contributed by atoms with E-state index < -0.39 is 0 Å². The van der Waals surface area contributed by atoms with E-state index in [9.17, 15) is 9.18 Å². The van der Waals surface area contributed by atoms with Gasteiger partial charge in [-0.25, -0.2) is 13.9 Å². The van der Waals surface area contributed by atoms with Gasteiger partial charge in [0.05, 0.1) is 18.4 Å². The third kappa shape index (κ3) is 4.54. The van der Waals surface area contributed by atoms with Crippen molar-refractivity contribution in [1.82, 2.24) is 24.4 Å². The van der Waals surface area contributed by atoms with E-state index >= 15 is 0 Å². The zero-order valence-electron chi connectivity index (χ0n) is 16.7. The van der Waals surface area contributed by atoms with Crippen LogP contribution in [0.5, 0.6) is 0 Å². The Labute approximate surface area is 169 Å². The first-order chi connectivity index (χ1) is 14.0. The predicted octanol–water partition coefficient (Wildman–Crippen LogP) is 2.88. The fourth-order valence-electron chi connectivity index (χ4n) is 3.64. The van der Waals surface area contributed by atoms with Crippen molar-refractivity contribution in [3.63, 3.8) is 0 Å². The lowest BCUT2D eigenvalue weighted by molar-refractivity contribution is -0.132. The van der Waals surface area contributed by atoms with Crippen LogP contribution in [0.4, 0.5) is 15.8 Å². The molecule has 152 valence electrons. The summed E-state index contributed by atoms with van der Waals surface area (Å²) in [5.41, 5.74) is 2.26. The Hall–Kier alpha value is -3.00. The number of pyridine rings is 1. The van der Waals surface area contributed by atoms with Gasteiger partial charge in [-0.2, -0.15) is 5.10 Å². The van der Waals surface area contributed by atoms with E-state index in [-0.39, 0.29) is 17.6 Å². The number of fused-ring (bicyclic) bond motifs is 1. The number of hydrogen-bond acceptors (Lipinski definition) is 5. The highest BCUT2D eigenvalue weighted by Crippen LogP contribution is 2.27. The maximum absolute atomic E-state index is 13.4. The quantitative estimate of drug-likeness (QED) is 0.718. The van der Waals surface area contributed by atoms with Crippen LogP contribution in [0, 0.1) is 5.82 Å². The molecule has 1 saturated heterocycles. The van der Waals surface area contributed by atoms with Gasteiger partial charge in [-0.15, -0.1) is 0 Å². The maximum atomic E-state index is 13.4. The van der Waals surface area contributed by atoms with Crippen molar-refractivity contribution in [3.8, 4) is 0 Å². The molecule has 3 heterocycles. The van der Waals surface area contributed by atoms with Crippen LogP contribution in [0.2, 0.25) is 0 Å². The van der Waals surface area contributed by atoms with E-state index in [1.165, 1.54) is 12.1 Å². The van der Waals surface area contributed by atoms with Crippen LogP contribution in [0.1, 0.15) is 24.6 Å². The first-order valence-electron chi connectivity index (χ1n) is 9.79. The van der Waals surface area contributed by atoms with E-state index in [4.69, 9.17) is 0 Å². The van der Waals surface area contributed by atoms with Crippen LogP contribution in [-0.4, -0.2) is 64.0 Å². The van der Waals surface area contributed by atoms with Gasteiger partial charge in [0.1, 0.15) is 5.82 Å². The van der Waals surface area contributed by atoms with Gasteiger partial charge in [-0.05, 0) is 57.3 Å². The van der Waals surface area contributed by atoms with Crippen molar-refractivity contribution in [2.45, 2.75) is 18.8 Å². The second-order valence-corrected chi connectivity index (χ2v) is 7.72. The monoisotopic (exact) mass is 396 g/mol. The minimum atomic E-state index is -0.283. The summed E-state index contributed by atoms with van der Waals surface area (Å²) >= 11 is 0. The number of nitrogens with zero attached hydrogens (tertiary/aromatic N) is 5. The fraction of sp³-hybridized carbons (Fsp3) is 0.381. The largest absolute Gasteiger partial charge is 0.354 e. The van der Waals surface area contributed by atoms with E-state index in [1.54, 1.807) is 10.6 Å². The number of carbonyl (C=O) groups is 1. The highest BCUT2D eigenvalue weighted by molar-refractivity contribution is 5.78. The van der Waals surface area contributed by atoms with Crippen molar-refractivity contribution in [3.05, 3.63) is 54.2 Å². The second kappa shape index (κ2) is 8.16. The van der Waals surface area contributed by atoms with Crippen molar-refractivity contribution in [2.24, 2.45) is 0 Å². The third-order valence-corrected chi connectivity index (χ3v) is 5.12. The van der Waals surface area contributed by atoms with Crippen LogP contribution >= 0.6 is 0 Å². The summed E-state index contributed by atoms with van der Waals surface area (Å²) in [6, 6.07) is 10.1. The molecule has 1 N–H and O–H groups in total. The van der Waals surface area contributed by atoms with Gasteiger partial charge in [0, 0.05) is 24.7 Å². The standard InChI is InChI=1S/C21H25FN6O/c1-26(2)14-20(29)27-10-8-15(9-11-27)21-24-19-7-6-18(13-28(19)25-21)23-17-5-3-4-16(22)12-17/h3-7,12-13,15,23H,8-11,14H2,1-2H3. The molecule has 1 aromatic carbocycles. The first kappa shape index (κ1) is 19.3. The third-order valence-electron chi connectivity index (χ3n) is 5.12. The Morgan fingerprint density at radius 3 is 2.72 bits per heavy atom. The number of anilines is 2. The number of amides is 1. The molecular weight excluding hydrogens is 371 g/mol. The molecule has 1 fully saturated rings. The SMILES string of the molecule is CN(C)CC(=O)N1CCC(c2nc3ccc(Nc4cccc(F)c4)cn3n2)CC1. The van der Waals surface area contributed by atoms with Gasteiger partial charge in [-0.1, -0.05) is 6.07 Å². The number of nitrogens with one attached hydrogen (secondary N) is 1. The molecule has 0 spiro atoms. The van der Waals surface area contributed by atoms with Gasteiger partial charge >= 0.3 is 0 Å². The van der Waals surface area contributed by atoms with E-state index in [2.05, 4.69) is 15.4 Å². The zero-order valence-corrected chi connectivity index (χ0v) is 16.7. The molecule has 0 aliphatic carbocycles. The molecule has 0 atom stereocenters. The molecule has 0 saturated carbocycles. The van der Waals surface area contributed by atoms with Gasteiger partial charge < -0.3 is 15.1 Å². The lowest BCUT2D eigenvalue weighted by Gasteiger charge is -2.31. The lowest BCUT2D eigenvalue weighted by atomic mass is 9.96. The minimum absolute atomic E-state index is 0.171. The molecule has 29 heavy (non-hydrogen) atoms. The van der Waals surface area contributed by atoms with Crippen LogP contribution in [-0.2, 0) is 4.79 Å². The number of aromatic nitrogens is 3. The summed E-state index contributed by atoms with van der Waals surface area (Å²) in [6.45, 7) is 1.91. The van der Waals surface area contributed by atoms with Gasteiger partial charge in [0.25, 0.3) is 0 Å². The molecule has 8 heteroatoms. The molecule has 4 rings (SSSR count). The number of carbonyl (C=O) groups excluding carboxylic acids is 1. The average molecular weight is 396 g/mol. The fourth-order valence-corrected chi connectivity index (χ4v) is 3.64. The molecule has 0 radical (unpaired) electrons. The highest BCUT2D eigenvalue weighted by atomic mass is 19.1. The topological polar surface area (TPSA) is 65.8 Å². The number of likely N-dealkylation sites (N-methyl/N-ethyl adjacent to an activating group) is 1. The van der Waals surface area contributed by atoms with Gasteiger partial charge in [0.15, 0.2) is 11.5 Å². The summed E-state index contributed by atoms with van der Waals surface area (Å²) in [4.78, 5) is 20.7. The van der Waals surface area contributed by atoms with Crippen LogP contribution in [0.3, 0.4) is 0 Å². The predicted molar refractivity (Wildman–Crippen MR) is 110 cm³/mol. The molecule has 0 bridgehead atoms. The average Bonchev–Trinajstić information content (AvgIpc) is 3.11. The molecule has 3 aromatic rings. The smallest absolute Gasteiger partial charge is 0.236 e. The number of halogens is 1. The molecular formula is C21H25FN6O. The van der Waals surface area contributed by atoms with E-state index in [0.29, 0.717) is 12.2 Å². The Balaban J connectivity index is 1.44. The van der Waals surface area contributed by atoms with Crippen molar-refractivity contribution in [2.75, 3.05) is 39.0 Å². The number of piperidine rings is 1. The number of rotatable bonds is 5. The number of hydrogen-bond donors (Lipinski definition) is 1. The minimum Gasteiger partial charge on any atom is -0.354 e. The Kier molecular flexibility index (Phi) is 5.44. The van der Waals surface area contributed by atoms with Crippen molar-refractivity contribution >= 4 is 22.9 Å². The summed E-state index contributed by atoms with van der Waals surface area (Å²) in [5, 5.41) is 7.84. The molecule has 1 amide bonds. The van der Waals surface area contributed by atoms with Crippen molar-refractivity contribution < 1.29 is 9.18 Å². The van der Waals surface area contributed by atoms with Gasteiger partial charge in [0.2, 0.25) is 5.91 Å². The Morgan fingerprint density at radius 2 is 2.00 bits per heavy atom. The summed E-state index contributed by atoms with van der Waals surface area (Å²) in [5.74, 6) is 0.949. The highest BCUT2D eigenvalue weighted by Gasteiger charge is 2.26.